The molecule has 1 unspecified atom stereocenters. The van der Waals surface area contributed by atoms with Gasteiger partial charge in [-0.15, -0.1) is 6.58 Å². The van der Waals surface area contributed by atoms with Crippen molar-refractivity contribution >= 4 is 6.29 Å². The Bertz CT molecular complexity index is 186. The van der Waals surface area contributed by atoms with Crippen LogP contribution < -0.4 is 0 Å². The zero-order chi connectivity index (χ0) is 13.5. The fraction of sp³-hybridized carbons (Fsp3) is 0.824. The molecule has 0 aromatic rings. The van der Waals surface area contributed by atoms with Crippen LogP contribution in [0.15, 0.2) is 12.7 Å². The molecule has 0 fully saturated rings. The van der Waals surface area contributed by atoms with E-state index in [0.29, 0.717) is 0 Å². The Hall–Kier alpha value is -0.590. The molecule has 0 aromatic carbocycles. The summed E-state index contributed by atoms with van der Waals surface area (Å²) in [6.45, 7) is 5.93. The van der Waals surface area contributed by atoms with Crippen LogP contribution in [0, 0.1) is 5.92 Å². The maximum atomic E-state index is 10.6. The fourth-order valence-electron chi connectivity index (χ4n) is 2.30. The molecule has 0 saturated heterocycles. The van der Waals surface area contributed by atoms with Crippen LogP contribution in [0.1, 0.15) is 84.0 Å². The number of carbonyl (C=O) groups excluding carboxylic acids is 1. The van der Waals surface area contributed by atoms with Crippen molar-refractivity contribution in [3.8, 4) is 0 Å². The van der Waals surface area contributed by atoms with Gasteiger partial charge in [0.15, 0.2) is 0 Å². The third kappa shape index (κ3) is 11.9. The van der Waals surface area contributed by atoms with E-state index in [-0.39, 0.29) is 5.92 Å². The van der Waals surface area contributed by atoms with Crippen molar-refractivity contribution in [3.63, 3.8) is 0 Å². The van der Waals surface area contributed by atoms with Crippen molar-refractivity contribution in [3.05, 3.63) is 12.7 Å². The van der Waals surface area contributed by atoms with Crippen molar-refractivity contribution in [1.82, 2.24) is 0 Å². The predicted molar refractivity (Wildman–Crippen MR) is 80.5 cm³/mol. The molecule has 0 aliphatic rings. The molecule has 0 bridgehead atoms. The van der Waals surface area contributed by atoms with Gasteiger partial charge in [-0.25, -0.2) is 0 Å². The van der Waals surface area contributed by atoms with E-state index in [1.54, 1.807) is 0 Å². The maximum absolute atomic E-state index is 10.6. The van der Waals surface area contributed by atoms with Crippen LogP contribution in [-0.2, 0) is 4.79 Å². The molecule has 0 aromatic heterocycles. The molecule has 0 heterocycles. The van der Waals surface area contributed by atoms with E-state index in [2.05, 4.69) is 19.8 Å². The minimum Gasteiger partial charge on any atom is -0.291 e. The Morgan fingerprint density at radius 2 is 1.44 bits per heavy atom. The topological polar surface area (TPSA) is 17.1 Å². The van der Waals surface area contributed by atoms with E-state index in [9.17, 15) is 4.79 Å². The van der Waals surface area contributed by atoms with E-state index < -0.39 is 0 Å². The highest BCUT2D eigenvalue weighted by atomic mass is 16.1. The summed E-state index contributed by atoms with van der Waals surface area (Å²) < 4.78 is 0. The van der Waals surface area contributed by atoms with Crippen LogP contribution in [0.5, 0.6) is 0 Å². The molecule has 1 atom stereocenters. The van der Waals surface area contributed by atoms with Gasteiger partial charge in [0.1, 0.15) is 0 Å². The van der Waals surface area contributed by atoms with Crippen LogP contribution >= 0.6 is 0 Å². The lowest BCUT2D eigenvalue weighted by Gasteiger charge is -2.06. The van der Waals surface area contributed by atoms with E-state index in [1.165, 1.54) is 64.2 Å². The quantitative estimate of drug-likeness (QED) is 0.290. The molecular weight excluding hydrogens is 220 g/mol. The average Bonchev–Trinajstić information content (AvgIpc) is 2.39. The third-order valence-corrected chi connectivity index (χ3v) is 3.52. The number of hydrogen-bond acceptors (Lipinski definition) is 1. The number of allylic oxidation sites excluding steroid dienone is 1. The SMILES string of the molecule is C=CCC([C]=O)CCCCCCCCCCCC. The summed E-state index contributed by atoms with van der Waals surface area (Å²) >= 11 is 0. The molecule has 1 nitrogen and oxygen atoms in total. The van der Waals surface area contributed by atoms with Crippen molar-refractivity contribution in [2.75, 3.05) is 0 Å². The van der Waals surface area contributed by atoms with Crippen molar-refractivity contribution in [2.24, 2.45) is 5.92 Å². The van der Waals surface area contributed by atoms with Crippen LogP contribution in [0.25, 0.3) is 0 Å². The summed E-state index contributed by atoms with van der Waals surface area (Å²) in [5.74, 6) is 0.0940. The van der Waals surface area contributed by atoms with Crippen molar-refractivity contribution in [1.29, 1.82) is 0 Å². The summed E-state index contributed by atoms with van der Waals surface area (Å²) in [7, 11) is 0. The maximum Gasteiger partial charge on any atom is 0.202 e. The van der Waals surface area contributed by atoms with Gasteiger partial charge >= 0.3 is 0 Å². The van der Waals surface area contributed by atoms with E-state index >= 15 is 0 Å². The molecule has 0 spiro atoms. The summed E-state index contributed by atoms with van der Waals surface area (Å²) in [4.78, 5) is 10.6. The second kappa shape index (κ2) is 14.5. The minimum atomic E-state index is 0.0940. The first-order valence-electron chi connectivity index (χ1n) is 7.83. The van der Waals surface area contributed by atoms with Crippen molar-refractivity contribution < 1.29 is 4.79 Å². The van der Waals surface area contributed by atoms with Gasteiger partial charge in [0.25, 0.3) is 0 Å². The Balaban J connectivity index is 3.15. The van der Waals surface area contributed by atoms with Gasteiger partial charge in [-0.1, -0.05) is 77.2 Å². The first kappa shape index (κ1) is 17.4. The predicted octanol–water partition coefficient (Wildman–Crippen LogP) is 5.60. The Kier molecular flexibility index (Phi) is 14.0. The number of hydrogen-bond donors (Lipinski definition) is 0. The number of rotatable bonds is 14. The summed E-state index contributed by atoms with van der Waals surface area (Å²) in [5.41, 5.74) is 0. The molecule has 18 heavy (non-hydrogen) atoms. The minimum absolute atomic E-state index is 0.0940. The largest absolute Gasteiger partial charge is 0.291 e. The summed E-state index contributed by atoms with van der Waals surface area (Å²) in [6.07, 6.45) is 19.2. The van der Waals surface area contributed by atoms with Gasteiger partial charge in [-0.2, -0.15) is 0 Å². The first-order valence-corrected chi connectivity index (χ1v) is 7.83. The molecular formula is C17H31O. The normalized spacial score (nSPS) is 12.3. The van der Waals surface area contributed by atoms with Gasteiger partial charge in [-0.05, 0) is 12.8 Å². The van der Waals surface area contributed by atoms with Gasteiger partial charge in [-0.3, -0.25) is 4.79 Å². The lowest BCUT2D eigenvalue weighted by atomic mass is 9.98. The van der Waals surface area contributed by atoms with Crippen LogP contribution in [0.3, 0.4) is 0 Å². The Morgan fingerprint density at radius 1 is 0.944 bits per heavy atom. The highest BCUT2D eigenvalue weighted by molar-refractivity contribution is 5.54. The van der Waals surface area contributed by atoms with Gasteiger partial charge in [0, 0.05) is 5.92 Å². The molecule has 1 heteroatoms. The van der Waals surface area contributed by atoms with E-state index in [1.807, 2.05) is 6.08 Å². The zero-order valence-corrected chi connectivity index (χ0v) is 12.3. The average molecular weight is 251 g/mol. The second-order valence-electron chi connectivity index (χ2n) is 5.31. The lowest BCUT2D eigenvalue weighted by molar-refractivity contribution is 0.485. The van der Waals surface area contributed by atoms with Crippen LogP contribution in [0.2, 0.25) is 0 Å². The second-order valence-corrected chi connectivity index (χ2v) is 5.31. The number of unbranched alkanes of at least 4 members (excludes halogenated alkanes) is 9. The Labute approximate surface area is 114 Å². The molecule has 0 saturated carbocycles. The Morgan fingerprint density at radius 3 is 1.89 bits per heavy atom. The van der Waals surface area contributed by atoms with Crippen molar-refractivity contribution in [2.45, 2.75) is 84.0 Å². The lowest BCUT2D eigenvalue weighted by Crippen LogP contribution is -1.99. The summed E-state index contributed by atoms with van der Waals surface area (Å²) in [5, 5.41) is 0. The van der Waals surface area contributed by atoms with Gasteiger partial charge < -0.3 is 0 Å². The van der Waals surface area contributed by atoms with Crippen LogP contribution in [0.4, 0.5) is 0 Å². The zero-order valence-electron chi connectivity index (χ0n) is 12.3. The molecule has 0 aliphatic heterocycles. The molecule has 105 valence electrons. The highest BCUT2D eigenvalue weighted by Crippen LogP contribution is 2.15. The third-order valence-electron chi connectivity index (χ3n) is 3.52. The van der Waals surface area contributed by atoms with Gasteiger partial charge in [0.2, 0.25) is 6.29 Å². The van der Waals surface area contributed by atoms with E-state index in [4.69, 9.17) is 0 Å². The molecule has 0 aliphatic carbocycles. The standard InChI is InChI=1S/C17H31O/c1-3-5-6-7-8-9-10-11-12-13-15-17(16-18)14-4-2/h4,17H,2-3,5-15H2,1H3. The first-order chi connectivity index (χ1) is 8.85. The fourth-order valence-corrected chi connectivity index (χ4v) is 2.30. The smallest absolute Gasteiger partial charge is 0.202 e. The molecule has 0 amide bonds. The highest BCUT2D eigenvalue weighted by Gasteiger charge is 2.05. The van der Waals surface area contributed by atoms with Crippen LogP contribution in [-0.4, -0.2) is 6.29 Å². The van der Waals surface area contributed by atoms with E-state index in [0.717, 1.165) is 12.8 Å². The molecule has 0 rings (SSSR count). The molecule has 1 radical (unpaired) electrons. The monoisotopic (exact) mass is 251 g/mol. The summed E-state index contributed by atoms with van der Waals surface area (Å²) in [6, 6.07) is 0. The molecule has 0 N–H and O–H groups in total. The van der Waals surface area contributed by atoms with Gasteiger partial charge in [0.05, 0.1) is 0 Å².